The standard InChI is InChI=1S/C52H34N4/c1-3-14-36(15-4-1)46-34-47(54-52(53-46)37-16-5-2-6-17-37)39-19-13-18-38(32-39)35-26-28-40(29-27-35)55-50-25-12-9-22-44(50)45-33-41(30-31-51(45)55)56-48-23-10-7-20-42(48)43-21-8-11-24-49(43)56/h1-34H. The summed E-state index contributed by atoms with van der Waals surface area (Å²) < 4.78 is 4.78. The van der Waals surface area contributed by atoms with Gasteiger partial charge in [0, 0.05) is 49.6 Å². The van der Waals surface area contributed by atoms with Crippen molar-refractivity contribution in [1.82, 2.24) is 19.1 Å². The topological polar surface area (TPSA) is 35.6 Å². The van der Waals surface area contributed by atoms with Crippen molar-refractivity contribution < 1.29 is 0 Å². The molecule has 0 atom stereocenters. The molecule has 8 aromatic carbocycles. The third kappa shape index (κ3) is 5.31. The Labute approximate surface area is 324 Å². The van der Waals surface area contributed by atoms with Gasteiger partial charge in [-0.3, -0.25) is 0 Å². The Morgan fingerprint density at radius 1 is 0.268 bits per heavy atom. The van der Waals surface area contributed by atoms with Crippen LogP contribution in [0.4, 0.5) is 0 Å². The lowest BCUT2D eigenvalue weighted by Gasteiger charge is -2.12. The predicted octanol–water partition coefficient (Wildman–Crippen LogP) is 13.3. The fourth-order valence-corrected chi connectivity index (χ4v) is 8.31. The molecule has 3 aromatic heterocycles. The van der Waals surface area contributed by atoms with E-state index in [-0.39, 0.29) is 0 Å². The highest BCUT2D eigenvalue weighted by Gasteiger charge is 2.17. The molecule has 0 saturated carbocycles. The van der Waals surface area contributed by atoms with Gasteiger partial charge in [0.15, 0.2) is 5.82 Å². The van der Waals surface area contributed by atoms with Crippen LogP contribution in [-0.4, -0.2) is 19.1 Å². The van der Waals surface area contributed by atoms with Gasteiger partial charge in [0.25, 0.3) is 0 Å². The second-order valence-corrected chi connectivity index (χ2v) is 14.2. The summed E-state index contributed by atoms with van der Waals surface area (Å²) in [5, 5.41) is 4.99. The lowest BCUT2D eigenvalue weighted by atomic mass is 10.0. The van der Waals surface area contributed by atoms with Crippen LogP contribution in [0.3, 0.4) is 0 Å². The van der Waals surface area contributed by atoms with Crippen LogP contribution in [0, 0.1) is 0 Å². The summed E-state index contributed by atoms with van der Waals surface area (Å²) in [6.07, 6.45) is 0. The van der Waals surface area contributed by atoms with Crippen molar-refractivity contribution in [2.75, 3.05) is 0 Å². The van der Waals surface area contributed by atoms with Crippen molar-refractivity contribution in [2.24, 2.45) is 0 Å². The molecule has 4 heteroatoms. The molecule has 0 N–H and O–H groups in total. The first kappa shape index (κ1) is 31.9. The predicted molar refractivity (Wildman–Crippen MR) is 232 cm³/mol. The third-order valence-electron chi connectivity index (χ3n) is 10.9. The number of fused-ring (bicyclic) bond motifs is 6. The Kier molecular flexibility index (Phi) is 7.46. The zero-order chi connectivity index (χ0) is 37.0. The van der Waals surface area contributed by atoms with Gasteiger partial charge in [-0.05, 0) is 71.8 Å². The molecule has 0 saturated heterocycles. The number of benzene rings is 8. The van der Waals surface area contributed by atoms with Gasteiger partial charge in [0.2, 0.25) is 0 Å². The largest absolute Gasteiger partial charge is 0.309 e. The van der Waals surface area contributed by atoms with Gasteiger partial charge in [-0.2, -0.15) is 0 Å². The molecule has 0 unspecified atom stereocenters. The van der Waals surface area contributed by atoms with Gasteiger partial charge < -0.3 is 9.13 Å². The molecule has 0 amide bonds. The Hall–Kier alpha value is -7.56. The minimum absolute atomic E-state index is 0.713. The summed E-state index contributed by atoms with van der Waals surface area (Å²) in [5.41, 5.74) is 14.2. The highest BCUT2D eigenvalue weighted by Crippen LogP contribution is 2.38. The van der Waals surface area contributed by atoms with Gasteiger partial charge in [-0.1, -0.05) is 146 Å². The molecular formula is C52H34N4. The van der Waals surface area contributed by atoms with Crippen LogP contribution < -0.4 is 0 Å². The van der Waals surface area contributed by atoms with Crippen molar-refractivity contribution in [2.45, 2.75) is 0 Å². The first-order valence-electron chi connectivity index (χ1n) is 19.0. The van der Waals surface area contributed by atoms with E-state index >= 15 is 0 Å². The Bertz CT molecular complexity index is 3120. The summed E-state index contributed by atoms with van der Waals surface area (Å²) in [5.74, 6) is 0.713. The second-order valence-electron chi connectivity index (χ2n) is 14.2. The molecule has 11 aromatic rings. The van der Waals surface area contributed by atoms with Crippen molar-refractivity contribution in [3.63, 3.8) is 0 Å². The second kappa shape index (κ2) is 13.1. The minimum Gasteiger partial charge on any atom is -0.309 e. The number of aromatic nitrogens is 4. The summed E-state index contributed by atoms with van der Waals surface area (Å²) >= 11 is 0. The van der Waals surface area contributed by atoms with Crippen molar-refractivity contribution >= 4 is 43.6 Å². The Morgan fingerprint density at radius 3 is 1.38 bits per heavy atom. The number of hydrogen-bond acceptors (Lipinski definition) is 2. The van der Waals surface area contributed by atoms with E-state index in [0.29, 0.717) is 5.82 Å². The molecule has 0 spiro atoms. The highest BCUT2D eigenvalue weighted by molar-refractivity contribution is 6.12. The average molecular weight is 715 g/mol. The summed E-state index contributed by atoms with van der Waals surface area (Å²) in [7, 11) is 0. The maximum atomic E-state index is 5.08. The van der Waals surface area contributed by atoms with Crippen LogP contribution >= 0.6 is 0 Å². The molecule has 3 heterocycles. The summed E-state index contributed by atoms with van der Waals surface area (Å²) in [4.78, 5) is 10.1. The zero-order valence-electron chi connectivity index (χ0n) is 30.4. The van der Waals surface area contributed by atoms with E-state index in [9.17, 15) is 0 Å². The third-order valence-corrected chi connectivity index (χ3v) is 10.9. The maximum absolute atomic E-state index is 5.08. The van der Waals surface area contributed by atoms with Crippen LogP contribution in [-0.2, 0) is 0 Å². The molecule has 0 bridgehead atoms. The SMILES string of the molecule is c1ccc(-c2cc(-c3cccc(-c4ccc(-n5c6ccccc6c6cc(-n7c8ccccc8c8ccccc87)ccc65)cc4)c3)nc(-c3ccccc3)n2)cc1. The molecule has 4 nitrogen and oxygen atoms in total. The molecule has 0 radical (unpaired) electrons. The van der Waals surface area contributed by atoms with Crippen LogP contribution in [0.25, 0.3) is 100 Å². The monoisotopic (exact) mass is 714 g/mol. The number of nitrogens with zero attached hydrogens (tertiary/aromatic N) is 4. The maximum Gasteiger partial charge on any atom is 0.160 e. The molecule has 0 aliphatic heterocycles. The first-order valence-corrected chi connectivity index (χ1v) is 19.0. The number of hydrogen-bond donors (Lipinski definition) is 0. The average Bonchev–Trinajstić information content (AvgIpc) is 3.79. The lowest BCUT2D eigenvalue weighted by molar-refractivity contribution is 1.17. The molecule has 0 aliphatic carbocycles. The molecule has 0 fully saturated rings. The van der Waals surface area contributed by atoms with Crippen molar-refractivity contribution in [3.8, 4) is 56.4 Å². The van der Waals surface area contributed by atoms with E-state index in [1.807, 2.05) is 36.4 Å². The molecular weight excluding hydrogens is 681 g/mol. The summed E-state index contributed by atoms with van der Waals surface area (Å²) in [6.45, 7) is 0. The van der Waals surface area contributed by atoms with E-state index in [4.69, 9.17) is 9.97 Å². The van der Waals surface area contributed by atoms with Gasteiger partial charge in [0.05, 0.1) is 33.5 Å². The quantitative estimate of drug-likeness (QED) is 0.172. The highest BCUT2D eigenvalue weighted by atomic mass is 15.0. The lowest BCUT2D eigenvalue weighted by Crippen LogP contribution is -1.96. The fourth-order valence-electron chi connectivity index (χ4n) is 8.31. The van der Waals surface area contributed by atoms with Crippen LogP contribution in [0.15, 0.2) is 206 Å². The normalized spacial score (nSPS) is 11.6. The zero-order valence-corrected chi connectivity index (χ0v) is 30.4. The van der Waals surface area contributed by atoms with Crippen molar-refractivity contribution in [3.05, 3.63) is 206 Å². The smallest absolute Gasteiger partial charge is 0.160 e. The van der Waals surface area contributed by atoms with Crippen LogP contribution in [0.2, 0.25) is 0 Å². The van der Waals surface area contributed by atoms with E-state index < -0.39 is 0 Å². The molecule has 11 rings (SSSR count). The Morgan fingerprint density at radius 2 is 0.732 bits per heavy atom. The summed E-state index contributed by atoms with van der Waals surface area (Å²) in [6, 6.07) is 73.2. The number of para-hydroxylation sites is 3. The van der Waals surface area contributed by atoms with E-state index in [0.717, 1.165) is 50.6 Å². The minimum atomic E-state index is 0.713. The van der Waals surface area contributed by atoms with Gasteiger partial charge in [-0.25, -0.2) is 9.97 Å². The fraction of sp³-hybridized carbons (Fsp3) is 0. The Balaban J connectivity index is 0.987. The van der Waals surface area contributed by atoms with Gasteiger partial charge >= 0.3 is 0 Å². The molecule has 0 aliphatic rings. The number of rotatable bonds is 6. The van der Waals surface area contributed by atoms with Crippen molar-refractivity contribution in [1.29, 1.82) is 0 Å². The van der Waals surface area contributed by atoms with Gasteiger partial charge in [-0.15, -0.1) is 0 Å². The van der Waals surface area contributed by atoms with E-state index in [1.165, 1.54) is 43.6 Å². The van der Waals surface area contributed by atoms with Crippen LogP contribution in [0.1, 0.15) is 0 Å². The van der Waals surface area contributed by atoms with Gasteiger partial charge in [0.1, 0.15) is 0 Å². The van der Waals surface area contributed by atoms with E-state index in [2.05, 4.69) is 179 Å². The first-order chi connectivity index (χ1) is 27.8. The van der Waals surface area contributed by atoms with E-state index in [1.54, 1.807) is 0 Å². The molecule has 56 heavy (non-hydrogen) atoms. The van der Waals surface area contributed by atoms with Crippen LogP contribution in [0.5, 0.6) is 0 Å². The molecule has 262 valence electrons.